The minimum atomic E-state index is -1.48. The smallest absolute Gasteiger partial charge is 0.338 e. The van der Waals surface area contributed by atoms with Gasteiger partial charge in [0.15, 0.2) is 0 Å². The van der Waals surface area contributed by atoms with Gasteiger partial charge in [0.1, 0.15) is 0 Å². The van der Waals surface area contributed by atoms with Gasteiger partial charge in [0.25, 0.3) is 5.91 Å². The Morgan fingerprint density at radius 3 is 1.83 bits per heavy atom. The molecule has 1 aliphatic heterocycles. The van der Waals surface area contributed by atoms with Crippen LogP contribution in [0.25, 0.3) is 0 Å². The van der Waals surface area contributed by atoms with E-state index in [9.17, 15) is 19.5 Å². The Balaban J connectivity index is 1.34. The second-order valence-corrected chi connectivity index (χ2v) is 12.8. The summed E-state index contributed by atoms with van der Waals surface area (Å²) in [7, 11) is 0. The molecule has 1 heterocycles. The van der Waals surface area contributed by atoms with Crippen LogP contribution in [0.4, 0.5) is 17.1 Å². The number of thioether (sulfide) groups is 1. The summed E-state index contributed by atoms with van der Waals surface area (Å²) < 4.78 is 0. The number of aromatic carboxylic acids is 1. The van der Waals surface area contributed by atoms with Gasteiger partial charge in [0.2, 0.25) is 5.91 Å². The number of amides is 2. The van der Waals surface area contributed by atoms with Gasteiger partial charge in [0, 0.05) is 20.4 Å². The summed E-state index contributed by atoms with van der Waals surface area (Å²) in [6.45, 7) is 1.85. The molecule has 0 aliphatic carbocycles. The van der Waals surface area contributed by atoms with E-state index >= 15 is 0 Å². The first kappa shape index (κ1) is 29.6. The van der Waals surface area contributed by atoms with Crippen LogP contribution in [-0.4, -0.2) is 28.1 Å². The Kier molecular flexibility index (Phi) is 8.80. The maximum Gasteiger partial charge on any atom is 0.338 e. The van der Waals surface area contributed by atoms with Crippen LogP contribution in [0, 0.1) is 0 Å². The molecular weight excluding hydrogens is 646 g/mol. The number of rotatable bonds is 6. The van der Waals surface area contributed by atoms with Gasteiger partial charge in [-0.1, -0.05) is 82.4 Å². The third-order valence-electron chi connectivity index (χ3n) is 6.13. The van der Waals surface area contributed by atoms with Crippen LogP contribution < -0.4 is 10.2 Å². The molecule has 1 unspecified atom stereocenters. The first-order chi connectivity index (χ1) is 19.6. The molecule has 0 fully saturated rings. The van der Waals surface area contributed by atoms with Gasteiger partial charge in [-0.15, -0.1) is 11.8 Å². The number of hydrogen-bond donors (Lipinski definition) is 2. The molecule has 0 saturated carbocycles. The minimum absolute atomic E-state index is 0.0695. The number of nitrogens with one attached hydrogen (secondary N) is 1. The predicted octanol–water partition coefficient (Wildman–Crippen LogP) is 9.56. The summed E-state index contributed by atoms with van der Waals surface area (Å²) >= 11 is 27.3. The van der Waals surface area contributed by atoms with Crippen molar-refractivity contribution in [3.63, 3.8) is 0 Å². The van der Waals surface area contributed by atoms with E-state index in [0.717, 1.165) is 26.1 Å². The Morgan fingerprint density at radius 2 is 1.29 bits per heavy atom. The second kappa shape index (κ2) is 12.2. The van der Waals surface area contributed by atoms with Crippen LogP contribution in [-0.2, 0) is 4.79 Å². The molecule has 0 radical (unpaired) electrons. The lowest BCUT2D eigenvalue weighted by atomic mass is 10.1. The predicted molar refractivity (Wildman–Crippen MR) is 167 cm³/mol. The average Bonchev–Trinajstić information content (AvgIpc) is 2.96. The van der Waals surface area contributed by atoms with Crippen molar-refractivity contribution in [2.24, 2.45) is 0 Å². The molecule has 1 atom stereocenters. The first-order valence-electron chi connectivity index (χ1n) is 12.0. The lowest BCUT2D eigenvalue weighted by molar-refractivity contribution is -0.117. The third kappa shape index (κ3) is 5.78. The number of fused-ring (bicyclic) bond motifs is 2. The Bertz CT molecular complexity index is 1670. The number of carboxylic acids is 1. The normalized spacial score (nSPS) is 12.8. The van der Waals surface area contributed by atoms with Crippen LogP contribution in [0.2, 0.25) is 20.1 Å². The average molecular weight is 664 g/mol. The maximum absolute atomic E-state index is 13.7. The number of hydrogen-bond acceptors (Lipinski definition) is 5. The van der Waals surface area contributed by atoms with Crippen molar-refractivity contribution >= 4 is 105 Å². The largest absolute Gasteiger partial charge is 0.478 e. The van der Waals surface area contributed by atoms with Crippen LogP contribution >= 0.6 is 69.9 Å². The Hall–Kier alpha value is -2.85. The number of halogens is 4. The lowest BCUT2D eigenvalue weighted by Crippen LogP contribution is -2.34. The number of anilines is 3. The number of benzene rings is 4. The molecule has 1 aliphatic rings. The van der Waals surface area contributed by atoms with Crippen molar-refractivity contribution in [1.82, 2.24) is 0 Å². The zero-order valence-corrected chi connectivity index (χ0v) is 25.6. The van der Waals surface area contributed by atoms with Crippen molar-refractivity contribution in [2.45, 2.75) is 26.9 Å². The van der Waals surface area contributed by atoms with Gasteiger partial charge < -0.3 is 10.4 Å². The van der Waals surface area contributed by atoms with Crippen molar-refractivity contribution in [1.29, 1.82) is 0 Å². The van der Waals surface area contributed by atoms with E-state index < -0.39 is 28.3 Å². The van der Waals surface area contributed by atoms with Gasteiger partial charge in [0.05, 0.1) is 47.8 Å². The number of nitrogens with zero attached hydrogens (tertiary/aromatic N) is 1. The van der Waals surface area contributed by atoms with E-state index in [1.165, 1.54) is 11.8 Å². The Morgan fingerprint density at radius 1 is 0.780 bits per heavy atom. The van der Waals surface area contributed by atoms with Gasteiger partial charge in [-0.05, 0) is 55.5 Å². The van der Waals surface area contributed by atoms with E-state index in [1.54, 1.807) is 40.9 Å². The number of carbonyl (C=O) groups excluding carboxylic acids is 2. The summed E-state index contributed by atoms with van der Waals surface area (Å²) in [4.78, 5) is 43.1. The molecule has 2 amide bonds. The monoisotopic (exact) mass is 662 g/mol. The molecule has 0 bridgehead atoms. The Labute approximate surface area is 263 Å². The van der Waals surface area contributed by atoms with Crippen LogP contribution in [0.1, 0.15) is 27.6 Å². The highest BCUT2D eigenvalue weighted by atomic mass is 35.5. The number of carbonyl (C=O) groups is 3. The van der Waals surface area contributed by atoms with E-state index in [1.807, 2.05) is 55.5 Å². The fourth-order valence-corrected chi connectivity index (χ4v) is 7.22. The minimum Gasteiger partial charge on any atom is -0.478 e. The highest BCUT2D eigenvalue weighted by molar-refractivity contribution is 8.00. The standard InChI is InChI=1S/C29H18Cl4N2O4S2/c1-14(28(37)35-17-6-2-4-8-19(17)41-20-9-5-3-7-18(20)35)40-16-12-10-15(11-13-16)34-27(36)21-22(29(38)39)24(31)26(33)25(32)23(21)30/h2-14H,1H3,(H,34,36)(H,38,39). The zero-order valence-electron chi connectivity index (χ0n) is 21.0. The molecule has 12 heteroatoms. The van der Waals surface area contributed by atoms with Crippen LogP contribution in [0.15, 0.2) is 87.5 Å². The summed E-state index contributed by atoms with van der Waals surface area (Å²) in [5.41, 5.74) is 1.09. The first-order valence-corrected chi connectivity index (χ1v) is 15.2. The molecular formula is C29H18Cl4N2O4S2. The molecule has 41 heavy (non-hydrogen) atoms. The van der Waals surface area contributed by atoms with E-state index in [2.05, 4.69) is 5.32 Å². The topological polar surface area (TPSA) is 86.7 Å². The molecule has 208 valence electrons. The summed E-state index contributed by atoms with van der Waals surface area (Å²) in [5, 5.41) is 10.6. The summed E-state index contributed by atoms with van der Waals surface area (Å²) in [5.74, 6) is -2.37. The molecule has 4 aromatic rings. The molecule has 0 spiro atoms. The summed E-state index contributed by atoms with van der Waals surface area (Å²) in [6, 6.07) is 22.4. The maximum atomic E-state index is 13.7. The molecule has 2 N–H and O–H groups in total. The molecule has 0 saturated heterocycles. The van der Waals surface area contributed by atoms with Crippen LogP contribution in [0.3, 0.4) is 0 Å². The zero-order chi connectivity index (χ0) is 29.4. The second-order valence-electron chi connectivity index (χ2n) is 8.76. The highest BCUT2D eigenvalue weighted by Gasteiger charge is 2.31. The van der Waals surface area contributed by atoms with Gasteiger partial charge in [-0.3, -0.25) is 14.5 Å². The van der Waals surface area contributed by atoms with Gasteiger partial charge >= 0.3 is 5.97 Å². The highest BCUT2D eigenvalue weighted by Crippen LogP contribution is 2.48. The van der Waals surface area contributed by atoms with E-state index in [-0.39, 0.29) is 26.0 Å². The van der Waals surface area contributed by atoms with Gasteiger partial charge in [-0.2, -0.15) is 0 Å². The summed E-state index contributed by atoms with van der Waals surface area (Å²) in [6.07, 6.45) is 0. The number of para-hydroxylation sites is 2. The van der Waals surface area contributed by atoms with E-state index in [0.29, 0.717) is 5.69 Å². The lowest BCUT2D eigenvalue weighted by Gasteiger charge is -2.32. The third-order valence-corrected chi connectivity index (χ3v) is 10.2. The molecule has 5 rings (SSSR count). The van der Waals surface area contributed by atoms with Crippen LogP contribution in [0.5, 0.6) is 0 Å². The molecule has 0 aromatic heterocycles. The fraction of sp³-hybridized carbons (Fsp3) is 0.0690. The quantitative estimate of drug-likeness (QED) is 0.121. The molecule has 4 aromatic carbocycles. The van der Waals surface area contributed by atoms with Crippen molar-refractivity contribution < 1.29 is 19.5 Å². The molecule has 6 nitrogen and oxygen atoms in total. The van der Waals surface area contributed by atoms with Gasteiger partial charge in [-0.25, -0.2) is 4.79 Å². The van der Waals surface area contributed by atoms with Crippen molar-refractivity contribution in [3.05, 3.63) is 104 Å². The SMILES string of the molecule is CC(Sc1ccc(NC(=O)c2c(Cl)c(Cl)c(Cl)c(Cl)c2C(=O)O)cc1)C(=O)N1c2ccccc2Sc2ccccc21. The van der Waals surface area contributed by atoms with E-state index in [4.69, 9.17) is 46.4 Å². The number of carboxylic acid groups (broad SMARTS) is 1. The van der Waals surface area contributed by atoms with Crippen molar-refractivity contribution in [2.75, 3.05) is 10.2 Å². The van der Waals surface area contributed by atoms with Crippen molar-refractivity contribution in [3.8, 4) is 0 Å². The fourth-order valence-electron chi connectivity index (χ4n) is 4.23.